The molecule has 138 valence electrons. The summed E-state index contributed by atoms with van der Waals surface area (Å²) >= 11 is 0. The van der Waals surface area contributed by atoms with Crippen molar-refractivity contribution in [2.24, 2.45) is 12.0 Å². The SMILES string of the molecule is CN=C(NCc1ccn(C)c1)Nc1cccc(OCCCOC)c1.I. The average molecular weight is 458 g/mol. The number of rotatable bonds is 8. The van der Waals surface area contributed by atoms with Crippen LogP contribution in [-0.2, 0) is 18.3 Å². The number of aromatic nitrogens is 1. The Morgan fingerprint density at radius 1 is 1.24 bits per heavy atom. The molecule has 0 radical (unpaired) electrons. The van der Waals surface area contributed by atoms with Gasteiger partial charge in [-0.05, 0) is 23.8 Å². The number of halogens is 1. The minimum absolute atomic E-state index is 0. The van der Waals surface area contributed by atoms with E-state index in [4.69, 9.17) is 9.47 Å². The summed E-state index contributed by atoms with van der Waals surface area (Å²) in [5.74, 6) is 1.55. The number of nitrogens with one attached hydrogen (secondary N) is 2. The van der Waals surface area contributed by atoms with E-state index in [2.05, 4.69) is 27.9 Å². The molecule has 0 unspecified atom stereocenters. The molecule has 0 bridgehead atoms. The van der Waals surface area contributed by atoms with Crippen LogP contribution in [0.1, 0.15) is 12.0 Å². The minimum atomic E-state index is 0. The van der Waals surface area contributed by atoms with Crippen molar-refractivity contribution in [1.29, 1.82) is 0 Å². The predicted molar refractivity (Wildman–Crippen MR) is 113 cm³/mol. The van der Waals surface area contributed by atoms with Crippen LogP contribution in [0.2, 0.25) is 0 Å². The summed E-state index contributed by atoms with van der Waals surface area (Å²) in [7, 11) is 5.46. The molecule has 0 fully saturated rings. The van der Waals surface area contributed by atoms with Gasteiger partial charge in [0.2, 0.25) is 0 Å². The molecule has 25 heavy (non-hydrogen) atoms. The number of ether oxygens (including phenoxy) is 2. The van der Waals surface area contributed by atoms with Gasteiger partial charge in [-0.3, -0.25) is 4.99 Å². The Morgan fingerprint density at radius 2 is 2.08 bits per heavy atom. The first-order valence-corrected chi connectivity index (χ1v) is 8.01. The maximum absolute atomic E-state index is 5.71. The molecule has 7 heteroatoms. The molecular formula is C18H27IN4O2. The number of methoxy groups -OCH3 is 1. The molecule has 2 rings (SSSR count). The Labute approximate surface area is 166 Å². The van der Waals surface area contributed by atoms with Gasteiger partial charge in [0, 0.05) is 64.9 Å². The van der Waals surface area contributed by atoms with E-state index in [1.54, 1.807) is 14.2 Å². The van der Waals surface area contributed by atoms with Gasteiger partial charge in [0.05, 0.1) is 6.61 Å². The van der Waals surface area contributed by atoms with Crippen LogP contribution >= 0.6 is 24.0 Å². The Bertz CT molecular complexity index is 658. The van der Waals surface area contributed by atoms with Crippen molar-refractivity contribution < 1.29 is 9.47 Å². The molecule has 6 nitrogen and oxygen atoms in total. The van der Waals surface area contributed by atoms with Crippen LogP contribution in [0, 0.1) is 0 Å². The summed E-state index contributed by atoms with van der Waals surface area (Å²) in [5, 5.41) is 6.57. The van der Waals surface area contributed by atoms with Gasteiger partial charge in [-0.1, -0.05) is 6.07 Å². The first-order chi connectivity index (χ1) is 11.7. The van der Waals surface area contributed by atoms with Crippen LogP contribution in [0.15, 0.2) is 47.7 Å². The second-order valence-corrected chi connectivity index (χ2v) is 5.46. The Kier molecular flexibility index (Phi) is 10.0. The third-order valence-electron chi connectivity index (χ3n) is 3.44. The van der Waals surface area contributed by atoms with E-state index < -0.39 is 0 Å². The fourth-order valence-electron chi connectivity index (χ4n) is 2.22. The zero-order valence-electron chi connectivity index (χ0n) is 15.0. The van der Waals surface area contributed by atoms with Crippen LogP contribution in [0.25, 0.3) is 0 Å². The summed E-state index contributed by atoms with van der Waals surface area (Å²) in [5.41, 5.74) is 2.14. The van der Waals surface area contributed by atoms with E-state index in [9.17, 15) is 0 Å². The lowest BCUT2D eigenvalue weighted by Crippen LogP contribution is -2.30. The van der Waals surface area contributed by atoms with Crippen molar-refractivity contribution in [2.45, 2.75) is 13.0 Å². The van der Waals surface area contributed by atoms with E-state index in [-0.39, 0.29) is 24.0 Å². The van der Waals surface area contributed by atoms with Crippen molar-refractivity contribution in [3.05, 3.63) is 48.3 Å². The third kappa shape index (κ3) is 7.78. The lowest BCUT2D eigenvalue weighted by atomic mass is 10.3. The van der Waals surface area contributed by atoms with E-state index >= 15 is 0 Å². The molecule has 2 N–H and O–H groups in total. The quantitative estimate of drug-likeness (QED) is 0.276. The zero-order chi connectivity index (χ0) is 17.2. The molecule has 0 aliphatic rings. The molecule has 0 spiro atoms. The molecule has 0 amide bonds. The summed E-state index contributed by atoms with van der Waals surface area (Å²) in [6.07, 6.45) is 4.97. The van der Waals surface area contributed by atoms with Crippen molar-refractivity contribution in [3.8, 4) is 5.75 Å². The largest absolute Gasteiger partial charge is 0.493 e. The van der Waals surface area contributed by atoms with Crippen LogP contribution in [0.4, 0.5) is 5.69 Å². The van der Waals surface area contributed by atoms with E-state index in [1.807, 2.05) is 42.1 Å². The molecule has 0 aliphatic heterocycles. The van der Waals surface area contributed by atoms with Gasteiger partial charge in [0.15, 0.2) is 5.96 Å². The number of aliphatic imine (C=N–C) groups is 1. The van der Waals surface area contributed by atoms with Gasteiger partial charge in [-0.15, -0.1) is 24.0 Å². The maximum Gasteiger partial charge on any atom is 0.195 e. The summed E-state index contributed by atoms with van der Waals surface area (Å²) in [4.78, 5) is 4.25. The number of hydrogen-bond donors (Lipinski definition) is 2. The molecule has 0 saturated heterocycles. The Morgan fingerprint density at radius 3 is 2.76 bits per heavy atom. The third-order valence-corrected chi connectivity index (χ3v) is 3.44. The predicted octanol–water partition coefficient (Wildman–Crippen LogP) is 3.25. The maximum atomic E-state index is 5.71. The highest BCUT2D eigenvalue weighted by Gasteiger charge is 2.02. The summed E-state index contributed by atoms with van der Waals surface area (Å²) in [6, 6.07) is 9.92. The van der Waals surface area contributed by atoms with Crippen molar-refractivity contribution in [1.82, 2.24) is 9.88 Å². The highest BCUT2D eigenvalue weighted by atomic mass is 127. The number of aryl methyl sites for hydroxylation is 1. The second-order valence-electron chi connectivity index (χ2n) is 5.46. The first kappa shape index (κ1) is 21.3. The lowest BCUT2D eigenvalue weighted by molar-refractivity contribution is 0.172. The summed E-state index contributed by atoms with van der Waals surface area (Å²) < 4.78 is 12.8. The number of nitrogens with zero attached hydrogens (tertiary/aromatic N) is 2. The highest BCUT2D eigenvalue weighted by molar-refractivity contribution is 14.0. The van der Waals surface area contributed by atoms with Crippen molar-refractivity contribution in [3.63, 3.8) is 0 Å². The van der Waals surface area contributed by atoms with Gasteiger partial charge < -0.3 is 24.7 Å². The number of anilines is 1. The Balaban J connectivity index is 0.00000312. The van der Waals surface area contributed by atoms with Crippen LogP contribution in [0.5, 0.6) is 5.75 Å². The first-order valence-electron chi connectivity index (χ1n) is 8.01. The van der Waals surface area contributed by atoms with Gasteiger partial charge in [-0.2, -0.15) is 0 Å². The van der Waals surface area contributed by atoms with E-state index in [0.717, 1.165) is 23.8 Å². The van der Waals surface area contributed by atoms with Gasteiger partial charge >= 0.3 is 0 Å². The molecular weight excluding hydrogens is 431 g/mol. The number of benzene rings is 1. The normalized spacial score (nSPS) is 10.9. The molecule has 1 aromatic carbocycles. The zero-order valence-corrected chi connectivity index (χ0v) is 17.3. The van der Waals surface area contributed by atoms with Gasteiger partial charge in [-0.25, -0.2) is 0 Å². The molecule has 2 aromatic rings. The molecule has 1 aromatic heterocycles. The van der Waals surface area contributed by atoms with E-state index in [1.165, 1.54) is 5.56 Å². The highest BCUT2D eigenvalue weighted by Crippen LogP contribution is 2.17. The van der Waals surface area contributed by atoms with Crippen LogP contribution < -0.4 is 15.4 Å². The lowest BCUT2D eigenvalue weighted by Gasteiger charge is -2.13. The van der Waals surface area contributed by atoms with E-state index in [0.29, 0.717) is 19.8 Å². The topological polar surface area (TPSA) is 59.8 Å². The summed E-state index contributed by atoms with van der Waals surface area (Å²) in [6.45, 7) is 2.06. The minimum Gasteiger partial charge on any atom is -0.493 e. The average Bonchev–Trinajstić information content (AvgIpc) is 3.01. The second kappa shape index (κ2) is 11.8. The smallest absolute Gasteiger partial charge is 0.195 e. The van der Waals surface area contributed by atoms with Crippen molar-refractivity contribution in [2.75, 3.05) is 32.7 Å². The molecule has 0 aliphatic carbocycles. The molecule has 0 atom stereocenters. The van der Waals surface area contributed by atoms with Gasteiger partial charge in [0.1, 0.15) is 5.75 Å². The van der Waals surface area contributed by atoms with Gasteiger partial charge in [0.25, 0.3) is 0 Å². The van der Waals surface area contributed by atoms with Crippen LogP contribution in [0.3, 0.4) is 0 Å². The fraction of sp³-hybridized carbons (Fsp3) is 0.389. The van der Waals surface area contributed by atoms with Crippen LogP contribution in [-0.4, -0.2) is 37.9 Å². The Hall–Kier alpha value is -1.74. The number of guanidine groups is 1. The van der Waals surface area contributed by atoms with Crippen molar-refractivity contribution >= 4 is 35.6 Å². The number of hydrogen-bond acceptors (Lipinski definition) is 3. The molecule has 1 heterocycles. The molecule has 0 saturated carbocycles. The fourth-order valence-corrected chi connectivity index (χ4v) is 2.22. The standard InChI is InChI=1S/C18H26N4O2.HI/c1-19-18(20-13-15-8-9-22(2)14-15)21-16-6-4-7-17(12-16)24-11-5-10-23-3;/h4,6-9,12,14H,5,10-11,13H2,1-3H3,(H2,19,20,21);1H. The monoisotopic (exact) mass is 458 g/mol.